The van der Waals surface area contributed by atoms with Crippen molar-refractivity contribution in [2.75, 3.05) is 43.4 Å². The minimum atomic E-state index is 0.0348. The van der Waals surface area contributed by atoms with E-state index < -0.39 is 0 Å². The average molecular weight is 330 g/mol. The van der Waals surface area contributed by atoms with Gasteiger partial charge in [0.05, 0.1) is 5.01 Å². The van der Waals surface area contributed by atoms with Gasteiger partial charge in [0.25, 0.3) is 0 Å². The summed E-state index contributed by atoms with van der Waals surface area (Å²) >= 11 is 1.59. The molecule has 1 aromatic carbocycles. The standard InChI is InChI=1S/C17H22N4OS/c1-20-9-11-21(12-10-20)15-4-2-14(3-5-15)19-16(22)6-7-17-18-8-13-23-17/h2-5,8,13H,6-7,9-12H2,1H3,(H,19,22). The predicted molar refractivity (Wildman–Crippen MR) is 95.2 cm³/mol. The molecule has 2 heterocycles. The molecule has 23 heavy (non-hydrogen) atoms. The molecule has 0 bridgehead atoms. The van der Waals surface area contributed by atoms with Crippen LogP contribution < -0.4 is 10.2 Å². The molecule has 2 aromatic rings. The average Bonchev–Trinajstić information content (AvgIpc) is 3.08. The van der Waals surface area contributed by atoms with Gasteiger partial charge in [-0.2, -0.15) is 0 Å². The number of aryl methyl sites for hydroxylation is 1. The molecule has 1 aliphatic rings. The van der Waals surface area contributed by atoms with Crippen LogP contribution in [0.15, 0.2) is 35.8 Å². The lowest BCUT2D eigenvalue weighted by atomic mass is 10.2. The number of likely N-dealkylation sites (N-methyl/N-ethyl adjacent to an activating group) is 1. The summed E-state index contributed by atoms with van der Waals surface area (Å²) in [5.41, 5.74) is 2.07. The van der Waals surface area contributed by atoms with Crippen LogP contribution in [0.5, 0.6) is 0 Å². The van der Waals surface area contributed by atoms with Crippen molar-refractivity contribution in [3.8, 4) is 0 Å². The van der Waals surface area contributed by atoms with Crippen LogP contribution in [-0.4, -0.2) is 49.0 Å². The minimum absolute atomic E-state index is 0.0348. The Bertz CT molecular complexity index is 619. The van der Waals surface area contributed by atoms with Gasteiger partial charge < -0.3 is 15.1 Å². The van der Waals surface area contributed by atoms with Gasteiger partial charge in [0.15, 0.2) is 0 Å². The van der Waals surface area contributed by atoms with E-state index in [1.807, 2.05) is 17.5 Å². The first-order chi connectivity index (χ1) is 11.2. The Balaban J connectivity index is 1.50. The number of nitrogens with one attached hydrogen (secondary N) is 1. The molecular weight excluding hydrogens is 308 g/mol. The maximum absolute atomic E-state index is 12.0. The zero-order valence-electron chi connectivity index (χ0n) is 13.4. The first kappa shape index (κ1) is 16.0. The van der Waals surface area contributed by atoms with E-state index in [0.29, 0.717) is 12.8 Å². The number of rotatable bonds is 5. The number of anilines is 2. The maximum Gasteiger partial charge on any atom is 0.224 e. The molecule has 1 aromatic heterocycles. The van der Waals surface area contributed by atoms with Crippen molar-refractivity contribution in [1.29, 1.82) is 0 Å². The summed E-state index contributed by atoms with van der Waals surface area (Å²) in [4.78, 5) is 20.9. The van der Waals surface area contributed by atoms with Gasteiger partial charge in [-0.05, 0) is 31.3 Å². The summed E-state index contributed by atoms with van der Waals surface area (Å²) in [6.45, 7) is 4.29. The normalized spacial score (nSPS) is 15.6. The van der Waals surface area contributed by atoms with Crippen molar-refractivity contribution in [3.63, 3.8) is 0 Å². The molecule has 1 fully saturated rings. The Morgan fingerprint density at radius 2 is 1.96 bits per heavy atom. The second kappa shape index (κ2) is 7.57. The number of carbonyl (C=O) groups is 1. The first-order valence-electron chi connectivity index (χ1n) is 7.92. The van der Waals surface area contributed by atoms with Crippen LogP contribution in [0.1, 0.15) is 11.4 Å². The first-order valence-corrected chi connectivity index (χ1v) is 8.80. The van der Waals surface area contributed by atoms with Crippen molar-refractivity contribution in [2.45, 2.75) is 12.8 Å². The van der Waals surface area contributed by atoms with Gasteiger partial charge in [-0.1, -0.05) is 0 Å². The lowest BCUT2D eigenvalue weighted by Crippen LogP contribution is -2.44. The number of nitrogens with zero attached hydrogens (tertiary/aromatic N) is 3. The number of benzene rings is 1. The van der Waals surface area contributed by atoms with Crippen LogP contribution >= 0.6 is 11.3 Å². The molecule has 122 valence electrons. The Labute approximate surface area is 140 Å². The highest BCUT2D eigenvalue weighted by Crippen LogP contribution is 2.19. The van der Waals surface area contributed by atoms with Crippen LogP contribution in [-0.2, 0) is 11.2 Å². The van der Waals surface area contributed by atoms with E-state index in [1.54, 1.807) is 17.5 Å². The van der Waals surface area contributed by atoms with Crippen LogP contribution in [0, 0.1) is 0 Å². The minimum Gasteiger partial charge on any atom is -0.369 e. The second-order valence-electron chi connectivity index (χ2n) is 5.81. The summed E-state index contributed by atoms with van der Waals surface area (Å²) in [7, 11) is 2.15. The van der Waals surface area contributed by atoms with E-state index in [4.69, 9.17) is 0 Å². The van der Waals surface area contributed by atoms with E-state index in [1.165, 1.54) is 5.69 Å². The number of hydrogen-bond donors (Lipinski definition) is 1. The predicted octanol–water partition coefficient (Wildman–Crippen LogP) is 2.47. The zero-order chi connectivity index (χ0) is 16.1. The van der Waals surface area contributed by atoms with Gasteiger partial charge in [0.2, 0.25) is 5.91 Å². The number of thiazole rings is 1. The van der Waals surface area contributed by atoms with Gasteiger partial charge >= 0.3 is 0 Å². The number of carbonyl (C=O) groups excluding carboxylic acids is 1. The Kier molecular flexibility index (Phi) is 5.25. The molecule has 0 saturated carbocycles. The number of aromatic nitrogens is 1. The summed E-state index contributed by atoms with van der Waals surface area (Å²) in [5, 5.41) is 5.89. The summed E-state index contributed by atoms with van der Waals surface area (Å²) < 4.78 is 0. The third kappa shape index (κ3) is 4.53. The summed E-state index contributed by atoms with van der Waals surface area (Å²) in [5.74, 6) is 0.0348. The zero-order valence-corrected chi connectivity index (χ0v) is 14.2. The third-order valence-electron chi connectivity index (χ3n) is 4.07. The van der Waals surface area contributed by atoms with E-state index in [2.05, 4.69) is 39.3 Å². The third-order valence-corrected chi connectivity index (χ3v) is 4.91. The summed E-state index contributed by atoms with van der Waals surface area (Å²) in [6, 6.07) is 8.13. The highest BCUT2D eigenvalue weighted by Gasteiger charge is 2.14. The van der Waals surface area contributed by atoms with E-state index >= 15 is 0 Å². The number of amides is 1. The topological polar surface area (TPSA) is 48.5 Å². The largest absolute Gasteiger partial charge is 0.369 e. The number of piperazine rings is 1. The van der Waals surface area contributed by atoms with Crippen LogP contribution in [0.3, 0.4) is 0 Å². The van der Waals surface area contributed by atoms with Gasteiger partial charge in [0, 0.05) is 62.0 Å². The molecule has 1 saturated heterocycles. The maximum atomic E-state index is 12.0. The highest BCUT2D eigenvalue weighted by molar-refractivity contribution is 7.09. The lowest BCUT2D eigenvalue weighted by Gasteiger charge is -2.34. The highest BCUT2D eigenvalue weighted by atomic mass is 32.1. The molecule has 0 unspecified atom stereocenters. The molecule has 0 atom stereocenters. The smallest absolute Gasteiger partial charge is 0.224 e. The van der Waals surface area contributed by atoms with Crippen molar-refractivity contribution < 1.29 is 4.79 Å². The van der Waals surface area contributed by atoms with E-state index in [-0.39, 0.29) is 5.91 Å². The molecule has 0 radical (unpaired) electrons. The molecule has 0 aliphatic carbocycles. The molecular formula is C17H22N4OS. The van der Waals surface area contributed by atoms with Crippen LogP contribution in [0.4, 0.5) is 11.4 Å². The van der Waals surface area contributed by atoms with E-state index in [0.717, 1.165) is 36.9 Å². The van der Waals surface area contributed by atoms with Gasteiger partial charge in [-0.15, -0.1) is 11.3 Å². The fourth-order valence-electron chi connectivity index (χ4n) is 2.64. The quantitative estimate of drug-likeness (QED) is 0.915. The van der Waals surface area contributed by atoms with E-state index in [9.17, 15) is 4.79 Å². The van der Waals surface area contributed by atoms with Gasteiger partial charge in [0.1, 0.15) is 0 Å². The van der Waals surface area contributed by atoms with Crippen molar-refractivity contribution in [3.05, 3.63) is 40.8 Å². The molecule has 3 rings (SSSR count). The fourth-order valence-corrected chi connectivity index (χ4v) is 3.26. The Hall–Kier alpha value is -1.92. The second-order valence-corrected chi connectivity index (χ2v) is 6.79. The molecule has 1 aliphatic heterocycles. The van der Waals surface area contributed by atoms with Crippen molar-refractivity contribution >= 4 is 28.6 Å². The molecule has 0 spiro atoms. The van der Waals surface area contributed by atoms with Gasteiger partial charge in [-0.25, -0.2) is 4.98 Å². The lowest BCUT2D eigenvalue weighted by molar-refractivity contribution is -0.116. The number of hydrogen-bond acceptors (Lipinski definition) is 5. The van der Waals surface area contributed by atoms with Gasteiger partial charge in [-0.3, -0.25) is 4.79 Å². The Morgan fingerprint density at radius 3 is 2.61 bits per heavy atom. The van der Waals surface area contributed by atoms with Crippen molar-refractivity contribution in [1.82, 2.24) is 9.88 Å². The fraction of sp³-hybridized carbons (Fsp3) is 0.412. The van der Waals surface area contributed by atoms with Crippen molar-refractivity contribution in [2.24, 2.45) is 0 Å². The molecule has 1 amide bonds. The molecule has 5 nitrogen and oxygen atoms in total. The Morgan fingerprint density at radius 1 is 1.22 bits per heavy atom. The SMILES string of the molecule is CN1CCN(c2ccc(NC(=O)CCc3nccs3)cc2)CC1. The van der Waals surface area contributed by atoms with Crippen LogP contribution in [0.2, 0.25) is 0 Å². The molecule has 6 heteroatoms. The monoisotopic (exact) mass is 330 g/mol. The van der Waals surface area contributed by atoms with Crippen LogP contribution in [0.25, 0.3) is 0 Å². The summed E-state index contributed by atoms with van der Waals surface area (Å²) in [6.07, 6.45) is 2.94. The molecule has 1 N–H and O–H groups in total.